The minimum atomic E-state index is 0.0683. The summed E-state index contributed by atoms with van der Waals surface area (Å²) in [7, 11) is 1.73. The topological polar surface area (TPSA) is 84.0 Å². The average Bonchev–Trinajstić information content (AvgIpc) is 2.63. The molecule has 0 radical (unpaired) electrons. The second kappa shape index (κ2) is 13.9. The Kier molecular flexibility index (Phi) is 12.1. The van der Waals surface area contributed by atoms with Gasteiger partial charge in [0.2, 0.25) is 5.91 Å². The zero-order valence-corrected chi connectivity index (χ0v) is 16.1. The summed E-state index contributed by atoms with van der Waals surface area (Å²) in [4.78, 5) is 15.9. The number of nitrogens with zero attached hydrogens (tertiary/aromatic N) is 1. The van der Waals surface area contributed by atoms with Crippen LogP contribution in [0.3, 0.4) is 0 Å². The number of hydrogen-bond acceptors (Lipinski definition) is 4. The molecule has 146 valence electrons. The summed E-state index contributed by atoms with van der Waals surface area (Å²) in [6, 6.07) is 0.228. The lowest BCUT2D eigenvalue weighted by atomic mass is 10.0. The highest BCUT2D eigenvalue weighted by Crippen LogP contribution is 2.14. The van der Waals surface area contributed by atoms with Gasteiger partial charge in [0.05, 0.1) is 0 Å². The molecule has 1 heterocycles. The maximum absolute atomic E-state index is 11.7. The predicted molar refractivity (Wildman–Crippen MR) is 101 cm³/mol. The molecular formula is C18H36N4O3. The van der Waals surface area contributed by atoms with Gasteiger partial charge >= 0.3 is 0 Å². The van der Waals surface area contributed by atoms with Crippen LogP contribution < -0.4 is 16.0 Å². The molecule has 3 N–H and O–H groups in total. The van der Waals surface area contributed by atoms with E-state index in [2.05, 4.69) is 27.9 Å². The normalized spacial score (nSPS) is 17.2. The molecule has 0 aromatic heterocycles. The number of carbonyl (C=O) groups is 1. The molecule has 1 amide bonds. The van der Waals surface area contributed by atoms with Gasteiger partial charge in [-0.2, -0.15) is 0 Å². The Balaban J connectivity index is 1.99. The van der Waals surface area contributed by atoms with E-state index in [1.54, 1.807) is 7.05 Å². The third-order valence-corrected chi connectivity index (χ3v) is 4.34. The molecule has 0 aliphatic carbocycles. The van der Waals surface area contributed by atoms with Gasteiger partial charge in [-0.05, 0) is 38.5 Å². The van der Waals surface area contributed by atoms with E-state index in [9.17, 15) is 4.79 Å². The van der Waals surface area contributed by atoms with E-state index in [1.165, 1.54) is 0 Å². The Morgan fingerprint density at radius 3 is 2.68 bits per heavy atom. The van der Waals surface area contributed by atoms with Crippen LogP contribution in [0.15, 0.2) is 4.99 Å². The number of rotatable bonds is 11. The van der Waals surface area contributed by atoms with Crippen LogP contribution in [0.5, 0.6) is 0 Å². The number of amides is 1. The zero-order chi connectivity index (χ0) is 18.3. The third kappa shape index (κ3) is 11.0. The maximum atomic E-state index is 11.7. The van der Waals surface area contributed by atoms with E-state index in [0.717, 1.165) is 64.6 Å². The van der Waals surface area contributed by atoms with E-state index in [1.807, 2.05) is 6.92 Å². The quantitative estimate of drug-likeness (QED) is 0.295. The molecule has 0 aromatic rings. The molecule has 1 unspecified atom stereocenters. The lowest BCUT2D eigenvalue weighted by Crippen LogP contribution is -2.40. The molecule has 1 fully saturated rings. The Labute approximate surface area is 152 Å². The van der Waals surface area contributed by atoms with Crippen molar-refractivity contribution in [2.45, 2.75) is 52.0 Å². The van der Waals surface area contributed by atoms with Crippen molar-refractivity contribution in [2.75, 3.05) is 46.6 Å². The largest absolute Gasteiger partial charge is 0.381 e. The molecule has 0 bridgehead atoms. The van der Waals surface area contributed by atoms with Crippen molar-refractivity contribution in [3.63, 3.8) is 0 Å². The minimum Gasteiger partial charge on any atom is -0.381 e. The summed E-state index contributed by atoms with van der Waals surface area (Å²) in [5, 5.41) is 9.35. The third-order valence-electron chi connectivity index (χ3n) is 4.34. The molecule has 0 aromatic carbocycles. The van der Waals surface area contributed by atoms with Crippen molar-refractivity contribution < 1.29 is 14.3 Å². The van der Waals surface area contributed by atoms with Gasteiger partial charge in [-0.25, -0.2) is 0 Å². The highest BCUT2D eigenvalue weighted by molar-refractivity contribution is 5.81. The molecule has 25 heavy (non-hydrogen) atoms. The highest BCUT2D eigenvalue weighted by Gasteiger charge is 2.13. The SMILES string of the molecule is CCC(C)NC(=O)CCNC(=NC)NCCCOCC1CCOCC1. The smallest absolute Gasteiger partial charge is 0.221 e. The number of nitrogens with one attached hydrogen (secondary N) is 3. The molecule has 7 heteroatoms. The lowest BCUT2D eigenvalue weighted by Gasteiger charge is -2.21. The van der Waals surface area contributed by atoms with Crippen molar-refractivity contribution >= 4 is 11.9 Å². The summed E-state index contributed by atoms with van der Waals surface area (Å²) in [6.45, 7) is 8.76. The molecule has 7 nitrogen and oxygen atoms in total. The first-order chi connectivity index (χ1) is 12.2. The molecule has 1 aliphatic heterocycles. The van der Waals surface area contributed by atoms with E-state index in [0.29, 0.717) is 18.9 Å². The summed E-state index contributed by atoms with van der Waals surface area (Å²) < 4.78 is 11.1. The number of aliphatic imine (C=N–C) groups is 1. The highest BCUT2D eigenvalue weighted by atomic mass is 16.5. The van der Waals surface area contributed by atoms with Crippen molar-refractivity contribution in [3.8, 4) is 0 Å². The summed E-state index contributed by atoms with van der Waals surface area (Å²) in [5.41, 5.74) is 0. The van der Waals surface area contributed by atoms with Gasteiger partial charge in [-0.15, -0.1) is 0 Å². The van der Waals surface area contributed by atoms with Crippen LogP contribution in [0.4, 0.5) is 0 Å². The first-order valence-corrected chi connectivity index (χ1v) is 9.55. The summed E-state index contributed by atoms with van der Waals surface area (Å²) in [6.07, 6.45) is 4.54. The first-order valence-electron chi connectivity index (χ1n) is 9.55. The molecule has 1 aliphatic rings. The van der Waals surface area contributed by atoms with Crippen LogP contribution in [-0.4, -0.2) is 64.5 Å². The number of ether oxygens (including phenoxy) is 2. The Morgan fingerprint density at radius 1 is 1.28 bits per heavy atom. The fourth-order valence-corrected chi connectivity index (χ4v) is 2.51. The van der Waals surface area contributed by atoms with Gasteiger partial charge in [-0.3, -0.25) is 9.79 Å². The van der Waals surface area contributed by atoms with Crippen LogP contribution >= 0.6 is 0 Å². The Bertz CT molecular complexity index is 385. The van der Waals surface area contributed by atoms with Gasteiger partial charge in [0.1, 0.15) is 0 Å². The van der Waals surface area contributed by atoms with E-state index in [4.69, 9.17) is 9.47 Å². The standard InChI is InChI=1S/C18H36N4O3/c1-4-15(2)22-17(23)6-10-21-18(19-3)20-9-5-11-25-14-16-7-12-24-13-8-16/h15-16H,4-14H2,1-3H3,(H,22,23)(H2,19,20,21). The average molecular weight is 357 g/mol. The van der Waals surface area contributed by atoms with Gasteiger partial charge in [0.25, 0.3) is 0 Å². The number of carbonyl (C=O) groups excluding carboxylic acids is 1. The lowest BCUT2D eigenvalue weighted by molar-refractivity contribution is -0.121. The Morgan fingerprint density at radius 2 is 2.00 bits per heavy atom. The Hall–Kier alpha value is -1.34. The van der Waals surface area contributed by atoms with Crippen LogP contribution in [-0.2, 0) is 14.3 Å². The van der Waals surface area contributed by atoms with Crippen molar-refractivity contribution in [2.24, 2.45) is 10.9 Å². The minimum absolute atomic E-state index is 0.0683. The molecule has 1 rings (SSSR count). The molecule has 1 atom stereocenters. The van der Waals surface area contributed by atoms with Crippen LogP contribution in [0, 0.1) is 5.92 Å². The summed E-state index contributed by atoms with van der Waals surface area (Å²) in [5.74, 6) is 1.44. The van der Waals surface area contributed by atoms with Gasteiger partial charge in [-0.1, -0.05) is 6.92 Å². The van der Waals surface area contributed by atoms with Gasteiger partial charge in [0.15, 0.2) is 5.96 Å². The van der Waals surface area contributed by atoms with E-state index in [-0.39, 0.29) is 11.9 Å². The molecule has 0 saturated carbocycles. The molecule has 0 spiro atoms. The molecular weight excluding hydrogens is 320 g/mol. The zero-order valence-electron chi connectivity index (χ0n) is 16.1. The van der Waals surface area contributed by atoms with Crippen molar-refractivity contribution in [1.82, 2.24) is 16.0 Å². The maximum Gasteiger partial charge on any atom is 0.221 e. The summed E-state index contributed by atoms with van der Waals surface area (Å²) >= 11 is 0. The monoisotopic (exact) mass is 356 g/mol. The second-order valence-corrected chi connectivity index (χ2v) is 6.54. The molecule has 1 saturated heterocycles. The second-order valence-electron chi connectivity index (χ2n) is 6.54. The number of hydrogen-bond donors (Lipinski definition) is 3. The fourth-order valence-electron chi connectivity index (χ4n) is 2.51. The van der Waals surface area contributed by atoms with Crippen LogP contribution in [0.2, 0.25) is 0 Å². The van der Waals surface area contributed by atoms with Gasteiger partial charge in [0, 0.05) is 59.0 Å². The first kappa shape index (κ1) is 21.7. The van der Waals surface area contributed by atoms with E-state index >= 15 is 0 Å². The van der Waals surface area contributed by atoms with Crippen molar-refractivity contribution in [1.29, 1.82) is 0 Å². The van der Waals surface area contributed by atoms with E-state index < -0.39 is 0 Å². The van der Waals surface area contributed by atoms with Gasteiger partial charge < -0.3 is 25.4 Å². The van der Waals surface area contributed by atoms with Crippen LogP contribution in [0.25, 0.3) is 0 Å². The van der Waals surface area contributed by atoms with Crippen molar-refractivity contribution in [3.05, 3.63) is 0 Å². The predicted octanol–water partition coefficient (Wildman–Crippen LogP) is 1.29. The van der Waals surface area contributed by atoms with Crippen LogP contribution in [0.1, 0.15) is 46.0 Å². The number of guanidine groups is 1. The fraction of sp³-hybridized carbons (Fsp3) is 0.889.